The number of piperidine rings is 1. The maximum Gasteiger partial charge on any atom is 0.233 e. The lowest BCUT2D eigenvalue weighted by Crippen LogP contribution is -2.40. The Hall–Kier alpha value is -2.80. The summed E-state index contributed by atoms with van der Waals surface area (Å²) in [5.41, 5.74) is 1.92. The van der Waals surface area contributed by atoms with Crippen LogP contribution in [0.15, 0.2) is 59.8 Å². The van der Waals surface area contributed by atoms with Gasteiger partial charge in [-0.25, -0.2) is 0 Å². The number of aromatic nitrogens is 3. The fourth-order valence-corrected chi connectivity index (χ4v) is 4.72. The molecule has 7 heteroatoms. The topological polar surface area (TPSA) is 60.2 Å². The fourth-order valence-electron chi connectivity index (χ4n) is 3.86. The Morgan fingerprint density at radius 1 is 1.13 bits per heavy atom. The molecule has 0 spiro atoms. The zero-order valence-corrected chi connectivity index (χ0v) is 18.8. The van der Waals surface area contributed by atoms with Crippen LogP contribution in [0.4, 0.5) is 0 Å². The predicted octanol–water partition coefficient (Wildman–Crippen LogP) is 4.68. The SMILES string of the molecule is CCOc1ccc(-n2c(SCC(=O)N3CCCC(C)C3)nnc2-c2ccccc2)cc1. The lowest BCUT2D eigenvalue weighted by atomic mass is 10.0. The molecule has 1 aliphatic rings. The summed E-state index contributed by atoms with van der Waals surface area (Å²) in [5.74, 6) is 2.67. The second-order valence-electron chi connectivity index (χ2n) is 7.81. The Bertz CT molecular complexity index is 1000. The molecule has 1 unspecified atom stereocenters. The smallest absolute Gasteiger partial charge is 0.233 e. The van der Waals surface area contributed by atoms with Gasteiger partial charge in [-0.3, -0.25) is 9.36 Å². The van der Waals surface area contributed by atoms with E-state index in [1.807, 2.05) is 71.0 Å². The molecular formula is C24H28N4O2S. The van der Waals surface area contributed by atoms with E-state index in [4.69, 9.17) is 4.74 Å². The third kappa shape index (κ3) is 5.10. The molecule has 1 saturated heterocycles. The van der Waals surface area contributed by atoms with E-state index in [-0.39, 0.29) is 5.91 Å². The van der Waals surface area contributed by atoms with Crippen molar-refractivity contribution in [1.29, 1.82) is 0 Å². The van der Waals surface area contributed by atoms with Crippen molar-refractivity contribution >= 4 is 17.7 Å². The van der Waals surface area contributed by atoms with Crippen molar-refractivity contribution in [2.75, 3.05) is 25.4 Å². The van der Waals surface area contributed by atoms with E-state index >= 15 is 0 Å². The first-order valence-corrected chi connectivity index (χ1v) is 11.8. The van der Waals surface area contributed by atoms with Crippen LogP contribution < -0.4 is 4.74 Å². The molecule has 1 aliphatic heterocycles. The number of rotatable bonds is 7. The number of nitrogens with zero attached hydrogens (tertiary/aromatic N) is 4. The highest BCUT2D eigenvalue weighted by Gasteiger charge is 2.23. The summed E-state index contributed by atoms with van der Waals surface area (Å²) >= 11 is 1.44. The second-order valence-corrected chi connectivity index (χ2v) is 8.75. The number of benzene rings is 2. The van der Waals surface area contributed by atoms with Gasteiger partial charge in [0.25, 0.3) is 0 Å². The lowest BCUT2D eigenvalue weighted by Gasteiger charge is -2.30. The molecular weight excluding hydrogens is 408 g/mol. The van der Waals surface area contributed by atoms with Crippen molar-refractivity contribution in [2.24, 2.45) is 5.92 Å². The largest absolute Gasteiger partial charge is 0.494 e. The quantitative estimate of drug-likeness (QED) is 0.503. The number of hydrogen-bond acceptors (Lipinski definition) is 5. The maximum atomic E-state index is 12.8. The molecule has 1 fully saturated rings. The van der Waals surface area contributed by atoms with Gasteiger partial charge in [0.05, 0.1) is 12.4 Å². The van der Waals surface area contributed by atoms with Crippen molar-refractivity contribution in [3.8, 4) is 22.8 Å². The average Bonchev–Trinajstić information content (AvgIpc) is 3.23. The van der Waals surface area contributed by atoms with E-state index in [1.54, 1.807) is 0 Å². The van der Waals surface area contributed by atoms with Crippen molar-refractivity contribution in [2.45, 2.75) is 31.8 Å². The molecule has 0 saturated carbocycles. The van der Waals surface area contributed by atoms with Gasteiger partial charge >= 0.3 is 0 Å². The van der Waals surface area contributed by atoms with E-state index in [1.165, 1.54) is 18.2 Å². The van der Waals surface area contributed by atoms with Crippen LogP contribution in [0.25, 0.3) is 17.1 Å². The third-order valence-electron chi connectivity index (χ3n) is 5.41. The van der Waals surface area contributed by atoms with Crippen LogP contribution in [0.3, 0.4) is 0 Å². The molecule has 2 heterocycles. The van der Waals surface area contributed by atoms with Crippen LogP contribution in [-0.2, 0) is 4.79 Å². The monoisotopic (exact) mass is 436 g/mol. The Kier molecular flexibility index (Phi) is 6.92. The molecule has 162 valence electrons. The Morgan fingerprint density at radius 2 is 1.90 bits per heavy atom. The molecule has 1 amide bonds. The average molecular weight is 437 g/mol. The molecule has 0 bridgehead atoms. The van der Waals surface area contributed by atoms with Gasteiger partial charge in [-0.15, -0.1) is 10.2 Å². The predicted molar refractivity (Wildman–Crippen MR) is 124 cm³/mol. The minimum absolute atomic E-state index is 0.166. The number of carbonyl (C=O) groups excluding carboxylic acids is 1. The first kappa shape index (κ1) is 21.4. The van der Waals surface area contributed by atoms with E-state index in [0.717, 1.165) is 42.3 Å². The van der Waals surface area contributed by atoms with E-state index in [2.05, 4.69) is 17.1 Å². The van der Waals surface area contributed by atoms with Crippen LogP contribution in [0.2, 0.25) is 0 Å². The first-order valence-electron chi connectivity index (χ1n) is 10.8. The van der Waals surface area contributed by atoms with E-state index in [9.17, 15) is 4.79 Å². The molecule has 0 radical (unpaired) electrons. The number of amides is 1. The van der Waals surface area contributed by atoms with Crippen LogP contribution in [0, 0.1) is 5.92 Å². The van der Waals surface area contributed by atoms with Gasteiger partial charge in [0.15, 0.2) is 11.0 Å². The minimum atomic E-state index is 0.166. The van der Waals surface area contributed by atoms with Gasteiger partial charge in [0.1, 0.15) is 5.75 Å². The van der Waals surface area contributed by atoms with E-state index in [0.29, 0.717) is 23.4 Å². The standard InChI is InChI=1S/C24H28N4O2S/c1-3-30-21-13-11-20(12-14-21)28-23(19-9-5-4-6-10-19)25-26-24(28)31-17-22(29)27-15-7-8-18(2)16-27/h4-6,9-14,18H,3,7-8,15-17H2,1-2H3. The van der Waals surface area contributed by atoms with Crippen LogP contribution in [-0.4, -0.2) is 51.0 Å². The number of carbonyl (C=O) groups is 1. The fraction of sp³-hybridized carbons (Fsp3) is 0.375. The van der Waals surface area contributed by atoms with Crippen LogP contribution >= 0.6 is 11.8 Å². The lowest BCUT2D eigenvalue weighted by molar-refractivity contribution is -0.130. The second kappa shape index (κ2) is 10.0. The molecule has 31 heavy (non-hydrogen) atoms. The first-order chi connectivity index (χ1) is 15.2. The minimum Gasteiger partial charge on any atom is -0.494 e. The van der Waals surface area contributed by atoms with E-state index < -0.39 is 0 Å². The highest BCUT2D eigenvalue weighted by Crippen LogP contribution is 2.29. The zero-order chi connectivity index (χ0) is 21.6. The molecule has 6 nitrogen and oxygen atoms in total. The van der Waals surface area contributed by atoms with Crippen molar-refractivity contribution in [3.63, 3.8) is 0 Å². The van der Waals surface area contributed by atoms with Crippen molar-refractivity contribution < 1.29 is 9.53 Å². The number of ether oxygens (including phenoxy) is 1. The Labute approximate surface area is 187 Å². The van der Waals surface area contributed by atoms with Crippen molar-refractivity contribution in [1.82, 2.24) is 19.7 Å². The molecule has 2 aromatic carbocycles. The molecule has 1 aromatic heterocycles. The Balaban J connectivity index is 1.60. The summed E-state index contributed by atoms with van der Waals surface area (Å²) < 4.78 is 7.60. The normalized spacial score (nSPS) is 16.3. The summed E-state index contributed by atoms with van der Waals surface area (Å²) in [5, 5.41) is 9.60. The zero-order valence-electron chi connectivity index (χ0n) is 18.0. The van der Waals surface area contributed by atoms with Gasteiger partial charge in [-0.1, -0.05) is 49.0 Å². The number of thioether (sulfide) groups is 1. The molecule has 0 aliphatic carbocycles. The van der Waals surface area contributed by atoms with Gasteiger partial charge in [-0.2, -0.15) is 0 Å². The van der Waals surface area contributed by atoms with Crippen LogP contribution in [0.5, 0.6) is 5.75 Å². The summed E-state index contributed by atoms with van der Waals surface area (Å²) in [6.07, 6.45) is 2.28. The van der Waals surface area contributed by atoms with Gasteiger partial charge in [-0.05, 0) is 49.9 Å². The Morgan fingerprint density at radius 3 is 2.61 bits per heavy atom. The molecule has 3 aromatic rings. The number of likely N-dealkylation sites (tertiary alicyclic amines) is 1. The molecule has 1 atom stereocenters. The van der Waals surface area contributed by atoms with Crippen LogP contribution in [0.1, 0.15) is 26.7 Å². The summed E-state index contributed by atoms with van der Waals surface area (Å²) in [6.45, 7) is 6.50. The summed E-state index contributed by atoms with van der Waals surface area (Å²) in [7, 11) is 0. The number of hydrogen-bond donors (Lipinski definition) is 0. The molecule has 4 rings (SSSR count). The highest BCUT2D eigenvalue weighted by molar-refractivity contribution is 7.99. The molecule has 0 N–H and O–H groups in total. The summed E-state index contributed by atoms with van der Waals surface area (Å²) in [4.78, 5) is 14.8. The third-order valence-corrected chi connectivity index (χ3v) is 6.32. The van der Waals surface area contributed by atoms with Crippen molar-refractivity contribution in [3.05, 3.63) is 54.6 Å². The summed E-state index contributed by atoms with van der Waals surface area (Å²) in [6, 6.07) is 17.9. The van der Waals surface area contributed by atoms with Gasteiger partial charge in [0, 0.05) is 24.3 Å². The van der Waals surface area contributed by atoms with Gasteiger partial charge in [0.2, 0.25) is 5.91 Å². The van der Waals surface area contributed by atoms with Gasteiger partial charge < -0.3 is 9.64 Å². The maximum absolute atomic E-state index is 12.8. The highest BCUT2D eigenvalue weighted by atomic mass is 32.2.